The summed E-state index contributed by atoms with van der Waals surface area (Å²) in [4.78, 5) is 0. The van der Waals surface area contributed by atoms with Gasteiger partial charge in [0.1, 0.15) is 0 Å². The van der Waals surface area contributed by atoms with Crippen LogP contribution in [-0.2, 0) is 0 Å². The largest absolute Gasteiger partial charge is 0.0648 e. The minimum Gasteiger partial charge on any atom is -0.0648 e. The Balaban J connectivity index is 2.29. The first-order valence-corrected chi connectivity index (χ1v) is 7.15. The lowest BCUT2D eigenvalue weighted by Gasteiger charge is -2.22. The monoisotopic (exact) mass is 250 g/mol. The van der Waals surface area contributed by atoms with E-state index in [9.17, 15) is 0 Å². The molecule has 0 saturated carbocycles. The fourth-order valence-corrected chi connectivity index (χ4v) is 2.40. The lowest BCUT2D eigenvalue weighted by molar-refractivity contribution is 0.728. The highest BCUT2D eigenvalue weighted by molar-refractivity contribution is 5.46. The van der Waals surface area contributed by atoms with E-state index in [2.05, 4.69) is 74.5 Å². The summed E-state index contributed by atoms with van der Waals surface area (Å²) >= 11 is 0. The van der Waals surface area contributed by atoms with Gasteiger partial charge in [0, 0.05) is 5.92 Å². The number of benzene rings is 2. The van der Waals surface area contributed by atoms with Gasteiger partial charge >= 0.3 is 0 Å². The molecule has 0 nitrogen and oxygen atoms in total. The Hall–Kier alpha value is -1.56. The molecule has 0 fully saturated rings. The van der Waals surface area contributed by atoms with Crippen molar-refractivity contribution in [3.8, 4) is 0 Å². The third kappa shape index (κ3) is 3.70. The average Bonchev–Trinajstić information content (AvgIpc) is 2.50. The molecule has 0 bridgehead atoms. The molecule has 19 heavy (non-hydrogen) atoms. The molecule has 0 aliphatic heterocycles. The maximum atomic E-state index is 2.26. The second kappa shape index (κ2) is 7.13. The molecule has 0 amide bonds. The smallest absolute Gasteiger partial charge is 0.0345 e. The van der Waals surface area contributed by atoms with Crippen molar-refractivity contribution in [3.05, 3.63) is 83.6 Å². The molecule has 0 aliphatic rings. The Morgan fingerprint density at radius 2 is 1.11 bits per heavy atom. The molecule has 2 radical (unpaired) electrons. The van der Waals surface area contributed by atoms with Crippen LogP contribution in [-0.4, -0.2) is 0 Å². The molecule has 0 aromatic heterocycles. The summed E-state index contributed by atoms with van der Waals surface area (Å²) in [7, 11) is 0. The third-order valence-corrected chi connectivity index (χ3v) is 3.67. The number of hydrogen-bond donors (Lipinski definition) is 0. The molecule has 0 atom stereocenters. The highest BCUT2D eigenvalue weighted by atomic mass is 14.2. The van der Waals surface area contributed by atoms with Crippen LogP contribution in [0.15, 0.2) is 60.7 Å². The first-order valence-electron chi connectivity index (χ1n) is 7.15. The molecule has 0 saturated heterocycles. The molecule has 0 heterocycles. The van der Waals surface area contributed by atoms with E-state index >= 15 is 0 Å². The van der Waals surface area contributed by atoms with Gasteiger partial charge in [-0.15, -0.1) is 0 Å². The Morgan fingerprint density at radius 3 is 1.47 bits per heavy atom. The van der Waals surface area contributed by atoms with Crippen LogP contribution in [0.2, 0.25) is 0 Å². The normalized spacial score (nSPS) is 11.2. The van der Waals surface area contributed by atoms with Crippen LogP contribution < -0.4 is 0 Å². The molecule has 0 N–H and O–H groups in total. The first-order chi connectivity index (χ1) is 9.35. The third-order valence-electron chi connectivity index (χ3n) is 3.67. The van der Waals surface area contributed by atoms with Crippen LogP contribution in [0.3, 0.4) is 0 Å². The highest BCUT2D eigenvalue weighted by Crippen LogP contribution is 2.33. The Bertz CT molecular complexity index is 414. The molecule has 0 aliphatic carbocycles. The van der Waals surface area contributed by atoms with Crippen molar-refractivity contribution in [2.75, 3.05) is 0 Å². The van der Waals surface area contributed by atoms with Crippen LogP contribution in [0.25, 0.3) is 0 Å². The maximum Gasteiger partial charge on any atom is 0.0345 e. The maximum absolute atomic E-state index is 2.26. The van der Waals surface area contributed by atoms with E-state index in [1.165, 1.54) is 29.9 Å². The van der Waals surface area contributed by atoms with Crippen molar-refractivity contribution in [1.29, 1.82) is 0 Å². The molecule has 0 heteroatoms. The van der Waals surface area contributed by atoms with Gasteiger partial charge in [-0.05, 0) is 36.3 Å². The zero-order valence-electron chi connectivity index (χ0n) is 11.9. The van der Waals surface area contributed by atoms with E-state index in [1.807, 2.05) is 0 Å². The molecule has 0 unspecified atom stereocenters. The van der Waals surface area contributed by atoms with Gasteiger partial charge in [-0.3, -0.25) is 0 Å². The summed E-state index contributed by atoms with van der Waals surface area (Å²) in [6, 6.07) is 21.5. The van der Waals surface area contributed by atoms with E-state index in [-0.39, 0.29) is 0 Å². The molecular weight excluding hydrogens is 228 g/mol. The van der Waals surface area contributed by atoms with Gasteiger partial charge < -0.3 is 0 Å². The SMILES string of the molecule is CC[C](CC)C[C](c1ccccc1)c1ccccc1. The van der Waals surface area contributed by atoms with Gasteiger partial charge in [-0.1, -0.05) is 74.5 Å². The quantitative estimate of drug-likeness (QED) is 0.640. The predicted octanol–water partition coefficient (Wildman–Crippen LogP) is 5.44. The highest BCUT2D eigenvalue weighted by Gasteiger charge is 2.18. The van der Waals surface area contributed by atoms with Crippen LogP contribution in [0.5, 0.6) is 0 Å². The van der Waals surface area contributed by atoms with Crippen LogP contribution in [0.1, 0.15) is 44.2 Å². The minimum atomic E-state index is 1.08. The molecular formula is C19H22. The fraction of sp³-hybridized carbons (Fsp3) is 0.263. The zero-order chi connectivity index (χ0) is 13.5. The second-order valence-corrected chi connectivity index (χ2v) is 4.84. The number of rotatable bonds is 6. The van der Waals surface area contributed by atoms with Crippen LogP contribution >= 0.6 is 0 Å². The van der Waals surface area contributed by atoms with Crippen molar-refractivity contribution in [2.45, 2.75) is 33.1 Å². The van der Waals surface area contributed by atoms with Crippen molar-refractivity contribution >= 4 is 0 Å². The van der Waals surface area contributed by atoms with Gasteiger partial charge in [-0.2, -0.15) is 0 Å². The van der Waals surface area contributed by atoms with E-state index < -0.39 is 0 Å². The van der Waals surface area contributed by atoms with Crippen molar-refractivity contribution in [3.63, 3.8) is 0 Å². The van der Waals surface area contributed by atoms with Crippen molar-refractivity contribution in [1.82, 2.24) is 0 Å². The van der Waals surface area contributed by atoms with E-state index in [1.54, 1.807) is 5.92 Å². The standard InChI is InChI=1S/C19H22/c1-3-16(4-2)15-19(17-11-7-5-8-12-17)18-13-9-6-10-14-18/h5-14H,3-4,15H2,1-2H3. The lowest BCUT2D eigenvalue weighted by Crippen LogP contribution is -2.07. The lowest BCUT2D eigenvalue weighted by atomic mass is 9.82. The Labute approximate surface area is 117 Å². The van der Waals surface area contributed by atoms with Gasteiger partial charge in [0.25, 0.3) is 0 Å². The second-order valence-electron chi connectivity index (χ2n) is 4.84. The van der Waals surface area contributed by atoms with E-state index in [4.69, 9.17) is 0 Å². The topological polar surface area (TPSA) is 0 Å². The summed E-state index contributed by atoms with van der Waals surface area (Å²) in [5, 5.41) is 0. The van der Waals surface area contributed by atoms with Gasteiger partial charge in [0.2, 0.25) is 0 Å². The summed E-state index contributed by atoms with van der Waals surface area (Å²) in [6.45, 7) is 4.51. The summed E-state index contributed by atoms with van der Waals surface area (Å²) in [5.74, 6) is 3.06. The first kappa shape index (κ1) is 13.9. The number of hydrogen-bond acceptors (Lipinski definition) is 0. The fourth-order valence-electron chi connectivity index (χ4n) is 2.40. The van der Waals surface area contributed by atoms with Crippen molar-refractivity contribution in [2.24, 2.45) is 0 Å². The van der Waals surface area contributed by atoms with Gasteiger partial charge in [-0.25, -0.2) is 0 Å². The van der Waals surface area contributed by atoms with E-state index in [0.717, 1.165) is 6.42 Å². The summed E-state index contributed by atoms with van der Waals surface area (Å²) < 4.78 is 0. The molecule has 0 spiro atoms. The minimum absolute atomic E-state index is 1.08. The summed E-state index contributed by atoms with van der Waals surface area (Å²) in [5.41, 5.74) is 2.68. The van der Waals surface area contributed by atoms with Crippen molar-refractivity contribution < 1.29 is 0 Å². The van der Waals surface area contributed by atoms with Crippen LogP contribution in [0, 0.1) is 11.8 Å². The summed E-state index contributed by atoms with van der Waals surface area (Å²) in [6.07, 6.45) is 3.42. The molecule has 2 aromatic carbocycles. The molecule has 2 rings (SSSR count). The Kier molecular flexibility index (Phi) is 5.20. The van der Waals surface area contributed by atoms with Gasteiger partial charge in [0.05, 0.1) is 0 Å². The predicted molar refractivity (Wildman–Crippen MR) is 82.8 cm³/mol. The van der Waals surface area contributed by atoms with E-state index in [0.29, 0.717) is 0 Å². The molecule has 2 aromatic rings. The zero-order valence-corrected chi connectivity index (χ0v) is 11.9. The average molecular weight is 250 g/mol. The van der Waals surface area contributed by atoms with Crippen LogP contribution in [0.4, 0.5) is 0 Å². The molecule has 98 valence electrons. The van der Waals surface area contributed by atoms with Gasteiger partial charge in [0.15, 0.2) is 0 Å². The Morgan fingerprint density at radius 1 is 0.684 bits per heavy atom.